The minimum atomic E-state index is -0.696. The number of hydrogen-bond donors (Lipinski definition) is 3. The fourth-order valence-corrected chi connectivity index (χ4v) is 1.96. The Morgan fingerprint density at radius 2 is 2.00 bits per heavy atom. The molecular formula is C14H29N3O2. The molecule has 0 aliphatic carbocycles. The molecule has 1 fully saturated rings. The molecule has 0 aromatic rings. The van der Waals surface area contributed by atoms with Crippen LogP contribution >= 0.6 is 0 Å². The van der Waals surface area contributed by atoms with E-state index in [1.807, 2.05) is 6.92 Å². The van der Waals surface area contributed by atoms with Gasteiger partial charge in [-0.15, -0.1) is 0 Å². The Balaban J connectivity index is 2.42. The van der Waals surface area contributed by atoms with Gasteiger partial charge in [-0.2, -0.15) is 0 Å². The fourth-order valence-electron chi connectivity index (χ4n) is 1.96. The van der Waals surface area contributed by atoms with E-state index in [9.17, 15) is 5.11 Å². The van der Waals surface area contributed by atoms with Gasteiger partial charge in [0.05, 0.1) is 12.1 Å². The third-order valence-electron chi connectivity index (χ3n) is 3.31. The van der Waals surface area contributed by atoms with Crippen molar-refractivity contribution in [3.63, 3.8) is 0 Å². The predicted octanol–water partition coefficient (Wildman–Crippen LogP) is 1.13. The molecule has 0 saturated carbocycles. The molecular weight excluding hydrogens is 242 g/mol. The molecule has 19 heavy (non-hydrogen) atoms. The molecule has 1 rings (SSSR count). The summed E-state index contributed by atoms with van der Waals surface area (Å²) in [5.74, 6) is 1.47. The fraction of sp³-hybridized carbons (Fsp3) is 0.929. The van der Waals surface area contributed by atoms with E-state index in [4.69, 9.17) is 4.74 Å². The molecule has 0 aromatic heterocycles. The van der Waals surface area contributed by atoms with Crippen LogP contribution in [0.15, 0.2) is 4.99 Å². The van der Waals surface area contributed by atoms with Crippen LogP contribution in [0.5, 0.6) is 0 Å². The molecule has 5 nitrogen and oxygen atoms in total. The highest BCUT2D eigenvalue weighted by atomic mass is 16.5. The lowest BCUT2D eigenvalue weighted by Gasteiger charge is -2.30. The summed E-state index contributed by atoms with van der Waals surface area (Å²) in [6, 6.07) is 0. The minimum absolute atomic E-state index is 0.438. The number of nitrogens with one attached hydrogen (secondary N) is 2. The predicted molar refractivity (Wildman–Crippen MR) is 78.4 cm³/mol. The van der Waals surface area contributed by atoms with Gasteiger partial charge in [-0.1, -0.05) is 13.8 Å². The molecule has 0 radical (unpaired) electrons. The zero-order valence-electron chi connectivity index (χ0n) is 12.5. The molecule has 1 saturated heterocycles. The maximum absolute atomic E-state index is 10.4. The molecule has 0 unspecified atom stereocenters. The average molecular weight is 271 g/mol. The molecule has 5 heteroatoms. The van der Waals surface area contributed by atoms with Crippen molar-refractivity contribution >= 4 is 5.96 Å². The first kappa shape index (κ1) is 16.2. The third-order valence-corrected chi connectivity index (χ3v) is 3.31. The molecule has 0 aromatic carbocycles. The van der Waals surface area contributed by atoms with Gasteiger partial charge in [-0.3, -0.25) is 4.99 Å². The minimum Gasteiger partial charge on any atom is -0.388 e. The van der Waals surface area contributed by atoms with Crippen molar-refractivity contribution in [3.8, 4) is 0 Å². The number of guanidine groups is 1. The summed E-state index contributed by atoms with van der Waals surface area (Å²) in [7, 11) is 0. The highest BCUT2D eigenvalue weighted by Gasteiger charge is 2.29. The Morgan fingerprint density at radius 3 is 2.58 bits per heavy atom. The molecule has 1 heterocycles. The van der Waals surface area contributed by atoms with Crippen molar-refractivity contribution in [1.82, 2.24) is 10.6 Å². The summed E-state index contributed by atoms with van der Waals surface area (Å²) in [6.45, 7) is 9.88. The molecule has 1 aliphatic rings. The van der Waals surface area contributed by atoms with Gasteiger partial charge in [-0.25, -0.2) is 0 Å². The second kappa shape index (κ2) is 8.38. The average Bonchev–Trinajstić information content (AvgIpc) is 2.36. The third kappa shape index (κ3) is 6.78. The van der Waals surface area contributed by atoms with Gasteiger partial charge in [0.1, 0.15) is 0 Å². The van der Waals surface area contributed by atoms with E-state index in [1.165, 1.54) is 0 Å². The van der Waals surface area contributed by atoms with E-state index in [0.29, 0.717) is 38.5 Å². The van der Waals surface area contributed by atoms with Crippen LogP contribution in [-0.4, -0.2) is 49.5 Å². The van der Waals surface area contributed by atoms with Gasteiger partial charge < -0.3 is 20.5 Å². The summed E-state index contributed by atoms with van der Waals surface area (Å²) in [4.78, 5) is 4.49. The molecule has 0 atom stereocenters. The highest BCUT2D eigenvalue weighted by molar-refractivity contribution is 5.79. The molecule has 112 valence electrons. The smallest absolute Gasteiger partial charge is 0.191 e. The van der Waals surface area contributed by atoms with Gasteiger partial charge in [0, 0.05) is 39.1 Å². The Morgan fingerprint density at radius 1 is 1.32 bits per heavy atom. The van der Waals surface area contributed by atoms with Crippen molar-refractivity contribution in [2.45, 2.75) is 45.6 Å². The van der Waals surface area contributed by atoms with Crippen molar-refractivity contribution < 1.29 is 9.84 Å². The maximum Gasteiger partial charge on any atom is 0.191 e. The Hall–Kier alpha value is -0.810. The van der Waals surface area contributed by atoms with Crippen LogP contribution in [0.1, 0.15) is 40.0 Å². The number of hydrogen-bond acceptors (Lipinski definition) is 3. The molecule has 0 bridgehead atoms. The standard InChI is InChI=1S/C14H29N3O2/c1-4-15-13(16-8-5-12(2)3)17-11-14(18)6-9-19-10-7-14/h12,18H,4-11H2,1-3H3,(H2,15,16,17). The van der Waals surface area contributed by atoms with Gasteiger partial charge in [0.15, 0.2) is 5.96 Å². The van der Waals surface area contributed by atoms with Crippen molar-refractivity contribution in [1.29, 1.82) is 0 Å². The first-order chi connectivity index (χ1) is 9.06. The Labute approximate surface area is 116 Å². The van der Waals surface area contributed by atoms with Crippen LogP contribution in [-0.2, 0) is 4.74 Å². The lowest BCUT2D eigenvalue weighted by atomic mass is 9.95. The van der Waals surface area contributed by atoms with Crippen LogP contribution in [0.25, 0.3) is 0 Å². The van der Waals surface area contributed by atoms with Gasteiger partial charge >= 0.3 is 0 Å². The lowest BCUT2D eigenvalue weighted by molar-refractivity contribution is -0.0565. The van der Waals surface area contributed by atoms with Crippen LogP contribution in [0, 0.1) is 5.92 Å². The van der Waals surface area contributed by atoms with E-state index in [0.717, 1.165) is 25.5 Å². The monoisotopic (exact) mass is 271 g/mol. The topological polar surface area (TPSA) is 65.9 Å². The van der Waals surface area contributed by atoms with Crippen molar-refractivity contribution in [2.75, 3.05) is 32.8 Å². The first-order valence-corrected chi connectivity index (χ1v) is 7.38. The van der Waals surface area contributed by atoms with Gasteiger partial charge in [0.25, 0.3) is 0 Å². The zero-order chi connectivity index (χ0) is 14.1. The summed E-state index contributed by atoms with van der Waals surface area (Å²) < 4.78 is 5.27. The summed E-state index contributed by atoms with van der Waals surface area (Å²) in [6.07, 6.45) is 2.45. The van der Waals surface area contributed by atoms with Crippen molar-refractivity contribution in [3.05, 3.63) is 0 Å². The highest BCUT2D eigenvalue weighted by Crippen LogP contribution is 2.20. The summed E-state index contributed by atoms with van der Waals surface area (Å²) in [5, 5.41) is 16.9. The molecule has 1 aliphatic heterocycles. The van der Waals surface area contributed by atoms with E-state index in [-0.39, 0.29) is 0 Å². The lowest BCUT2D eigenvalue weighted by Crippen LogP contribution is -2.42. The summed E-state index contributed by atoms with van der Waals surface area (Å²) in [5.41, 5.74) is -0.696. The first-order valence-electron chi connectivity index (χ1n) is 7.38. The second-order valence-electron chi connectivity index (χ2n) is 5.64. The second-order valence-corrected chi connectivity index (χ2v) is 5.64. The normalized spacial score (nSPS) is 19.5. The number of ether oxygens (including phenoxy) is 1. The maximum atomic E-state index is 10.4. The molecule has 0 spiro atoms. The molecule has 3 N–H and O–H groups in total. The largest absolute Gasteiger partial charge is 0.388 e. The molecule has 0 amide bonds. The van der Waals surface area contributed by atoms with Crippen LogP contribution in [0.4, 0.5) is 0 Å². The number of nitrogens with zero attached hydrogens (tertiary/aromatic N) is 1. The number of aliphatic hydroxyl groups is 1. The van der Waals surface area contributed by atoms with Crippen LogP contribution in [0.2, 0.25) is 0 Å². The Kier molecular flexibility index (Phi) is 7.16. The summed E-state index contributed by atoms with van der Waals surface area (Å²) >= 11 is 0. The van der Waals surface area contributed by atoms with Crippen molar-refractivity contribution in [2.24, 2.45) is 10.9 Å². The zero-order valence-corrected chi connectivity index (χ0v) is 12.5. The van der Waals surface area contributed by atoms with E-state index in [1.54, 1.807) is 0 Å². The van der Waals surface area contributed by atoms with Crippen LogP contribution in [0.3, 0.4) is 0 Å². The number of rotatable bonds is 6. The van der Waals surface area contributed by atoms with Crippen LogP contribution < -0.4 is 10.6 Å². The SMILES string of the molecule is CCNC(=NCC1(O)CCOCC1)NCCC(C)C. The Bertz CT molecular complexity index is 274. The van der Waals surface area contributed by atoms with E-state index in [2.05, 4.69) is 29.5 Å². The van der Waals surface area contributed by atoms with E-state index < -0.39 is 5.60 Å². The van der Waals surface area contributed by atoms with Gasteiger partial charge in [0.2, 0.25) is 0 Å². The quantitative estimate of drug-likeness (QED) is 0.500. The number of aliphatic imine (C=N–C) groups is 1. The van der Waals surface area contributed by atoms with E-state index >= 15 is 0 Å². The van der Waals surface area contributed by atoms with Gasteiger partial charge in [-0.05, 0) is 19.3 Å².